The molecular weight excluding hydrogens is 234 g/mol. The molecule has 0 aromatic rings. The molecule has 1 fully saturated rings. The van der Waals surface area contributed by atoms with E-state index in [0.29, 0.717) is 0 Å². The maximum absolute atomic E-state index is 5.98. The highest BCUT2D eigenvalue weighted by molar-refractivity contribution is 6.22. The minimum absolute atomic E-state index is 0.139. The van der Waals surface area contributed by atoms with Crippen LogP contribution in [0.4, 0.5) is 0 Å². The predicted molar refractivity (Wildman–Crippen MR) is 72.3 cm³/mol. The molecule has 2 unspecified atom stereocenters. The number of hydrogen-bond acceptors (Lipinski definition) is 2. The van der Waals surface area contributed by atoms with Gasteiger partial charge in [-0.15, -0.1) is 11.6 Å². The highest BCUT2D eigenvalue weighted by atomic mass is 35.5. The minimum Gasteiger partial charge on any atom is -0.490 e. The first-order valence-electron chi connectivity index (χ1n) is 6.65. The van der Waals surface area contributed by atoms with Gasteiger partial charge < -0.3 is 4.74 Å². The molecule has 1 heterocycles. The first-order chi connectivity index (χ1) is 8.24. The molecule has 2 nitrogen and oxygen atoms in total. The van der Waals surface area contributed by atoms with Gasteiger partial charge in [0.2, 0.25) is 0 Å². The van der Waals surface area contributed by atoms with E-state index >= 15 is 0 Å². The number of piperidine rings is 1. The van der Waals surface area contributed by atoms with Crippen LogP contribution in [-0.2, 0) is 4.74 Å². The van der Waals surface area contributed by atoms with Gasteiger partial charge in [0.05, 0.1) is 5.38 Å². The summed E-state index contributed by atoms with van der Waals surface area (Å²) in [6, 6.07) is 0. The average Bonchev–Trinajstić information content (AvgIpc) is 2.33. The van der Waals surface area contributed by atoms with Crippen molar-refractivity contribution in [1.29, 1.82) is 0 Å². The molecule has 3 heteroatoms. The molecule has 17 heavy (non-hydrogen) atoms. The molecular formula is C14H22ClNO. The fraction of sp³-hybridized carbons (Fsp3) is 0.714. The van der Waals surface area contributed by atoms with Crippen LogP contribution in [0.5, 0.6) is 0 Å². The van der Waals surface area contributed by atoms with Crippen LogP contribution in [0.3, 0.4) is 0 Å². The summed E-state index contributed by atoms with van der Waals surface area (Å²) in [4.78, 5) is 2.51. The lowest BCUT2D eigenvalue weighted by Gasteiger charge is -2.29. The molecule has 2 aliphatic rings. The highest BCUT2D eigenvalue weighted by Gasteiger charge is 2.15. The topological polar surface area (TPSA) is 12.5 Å². The second kappa shape index (κ2) is 6.46. The van der Waals surface area contributed by atoms with E-state index in [1.807, 2.05) is 12.2 Å². The molecule has 1 aliphatic carbocycles. The summed E-state index contributed by atoms with van der Waals surface area (Å²) in [5.74, 6) is 0.978. The SMILES string of the molecule is CC(CN1CCCCC1)OC1=CCC(Cl)C=C1. The van der Waals surface area contributed by atoms with E-state index in [1.54, 1.807) is 0 Å². The maximum atomic E-state index is 5.98. The summed E-state index contributed by atoms with van der Waals surface area (Å²) < 4.78 is 5.92. The van der Waals surface area contributed by atoms with Crippen LogP contribution in [-0.4, -0.2) is 36.0 Å². The Bertz CT molecular complexity index is 295. The molecule has 2 atom stereocenters. The number of alkyl halides is 1. The third kappa shape index (κ3) is 4.36. The lowest BCUT2D eigenvalue weighted by molar-refractivity contribution is 0.0844. The quantitative estimate of drug-likeness (QED) is 0.715. The number of hydrogen-bond donors (Lipinski definition) is 0. The molecule has 0 radical (unpaired) electrons. The van der Waals surface area contributed by atoms with Crippen molar-refractivity contribution in [3.8, 4) is 0 Å². The summed E-state index contributed by atoms with van der Waals surface area (Å²) in [6.45, 7) is 5.64. The predicted octanol–water partition coefficient (Wildman–Crippen LogP) is 3.33. The van der Waals surface area contributed by atoms with Gasteiger partial charge in [-0.3, -0.25) is 4.90 Å². The monoisotopic (exact) mass is 255 g/mol. The van der Waals surface area contributed by atoms with Crippen LogP contribution in [0, 0.1) is 0 Å². The molecule has 0 N–H and O–H groups in total. The maximum Gasteiger partial charge on any atom is 0.115 e. The van der Waals surface area contributed by atoms with Crippen LogP contribution in [0.2, 0.25) is 0 Å². The number of rotatable bonds is 4. The Balaban J connectivity index is 1.73. The van der Waals surface area contributed by atoms with Crippen molar-refractivity contribution in [3.05, 3.63) is 24.0 Å². The van der Waals surface area contributed by atoms with E-state index in [2.05, 4.69) is 17.9 Å². The van der Waals surface area contributed by atoms with Gasteiger partial charge in [0.15, 0.2) is 0 Å². The Morgan fingerprint density at radius 3 is 2.82 bits per heavy atom. The Labute approximate surface area is 109 Å². The van der Waals surface area contributed by atoms with Gasteiger partial charge in [-0.25, -0.2) is 0 Å². The van der Waals surface area contributed by atoms with Crippen molar-refractivity contribution < 1.29 is 4.74 Å². The van der Waals surface area contributed by atoms with Gasteiger partial charge >= 0.3 is 0 Å². The molecule has 0 aromatic heterocycles. The smallest absolute Gasteiger partial charge is 0.115 e. The Kier molecular flexibility index (Phi) is 4.93. The fourth-order valence-corrected chi connectivity index (χ4v) is 2.60. The summed E-state index contributed by atoms with van der Waals surface area (Å²) in [6.07, 6.45) is 11.3. The van der Waals surface area contributed by atoms with Crippen molar-refractivity contribution in [2.24, 2.45) is 0 Å². The van der Waals surface area contributed by atoms with Crippen molar-refractivity contribution in [3.63, 3.8) is 0 Å². The van der Waals surface area contributed by atoms with Gasteiger partial charge in [-0.05, 0) is 51.4 Å². The standard InChI is InChI=1S/C14H22ClNO/c1-12(11-16-9-3-2-4-10-16)17-14-7-5-13(15)6-8-14/h5,7-8,12-13H,2-4,6,9-11H2,1H3. The van der Waals surface area contributed by atoms with E-state index in [4.69, 9.17) is 16.3 Å². The highest BCUT2D eigenvalue weighted by Crippen LogP contribution is 2.18. The van der Waals surface area contributed by atoms with Crippen LogP contribution in [0.1, 0.15) is 32.6 Å². The summed E-state index contributed by atoms with van der Waals surface area (Å²) in [5.41, 5.74) is 0. The van der Waals surface area contributed by atoms with Crippen molar-refractivity contribution >= 4 is 11.6 Å². The van der Waals surface area contributed by atoms with E-state index in [1.165, 1.54) is 32.4 Å². The van der Waals surface area contributed by atoms with Gasteiger partial charge in [-0.2, -0.15) is 0 Å². The molecule has 0 spiro atoms. The largest absolute Gasteiger partial charge is 0.490 e. The van der Waals surface area contributed by atoms with E-state index in [0.717, 1.165) is 18.7 Å². The number of likely N-dealkylation sites (tertiary alicyclic amines) is 1. The van der Waals surface area contributed by atoms with Crippen molar-refractivity contribution in [2.45, 2.75) is 44.1 Å². The van der Waals surface area contributed by atoms with E-state index in [9.17, 15) is 0 Å². The Morgan fingerprint density at radius 1 is 1.41 bits per heavy atom. The third-order valence-corrected chi connectivity index (χ3v) is 3.64. The zero-order chi connectivity index (χ0) is 12.1. The number of ether oxygens (including phenoxy) is 1. The zero-order valence-corrected chi connectivity index (χ0v) is 11.3. The molecule has 0 bridgehead atoms. The molecule has 1 saturated heterocycles. The van der Waals surface area contributed by atoms with Crippen molar-refractivity contribution in [1.82, 2.24) is 4.90 Å². The first-order valence-corrected chi connectivity index (χ1v) is 7.09. The van der Waals surface area contributed by atoms with Crippen molar-refractivity contribution in [2.75, 3.05) is 19.6 Å². The molecule has 1 aliphatic heterocycles. The Morgan fingerprint density at radius 2 is 2.18 bits per heavy atom. The lowest BCUT2D eigenvalue weighted by atomic mass is 10.1. The van der Waals surface area contributed by atoms with Crippen LogP contribution in [0.25, 0.3) is 0 Å². The number of nitrogens with zero attached hydrogens (tertiary/aromatic N) is 1. The molecule has 0 aromatic carbocycles. The molecule has 0 saturated carbocycles. The third-order valence-electron chi connectivity index (χ3n) is 3.31. The van der Waals surface area contributed by atoms with E-state index < -0.39 is 0 Å². The fourth-order valence-electron chi connectivity index (χ4n) is 2.44. The molecule has 2 rings (SSSR count). The minimum atomic E-state index is 0.139. The van der Waals surface area contributed by atoms with Crippen LogP contribution >= 0.6 is 11.6 Å². The number of allylic oxidation sites excluding steroid dienone is 3. The van der Waals surface area contributed by atoms with E-state index in [-0.39, 0.29) is 11.5 Å². The first kappa shape index (κ1) is 13.0. The summed E-state index contributed by atoms with van der Waals surface area (Å²) >= 11 is 5.98. The second-order valence-corrected chi connectivity index (χ2v) is 5.57. The molecule has 96 valence electrons. The average molecular weight is 256 g/mol. The normalized spacial score (nSPS) is 27.6. The van der Waals surface area contributed by atoms with Gasteiger partial charge in [0, 0.05) is 6.54 Å². The zero-order valence-electron chi connectivity index (χ0n) is 10.6. The summed E-state index contributed by atoms with van der Waals surface area (Å²) in [7, 11) is 0. The number of halogens is 1. The Hall–Kier alpha value is -0.470. The van der Waals surface area contributed by atoms with Crippen LogP contribution in [0.15, 0.2) is 24.0 Å². The van der Waals surface area contributed by atoms with Crippen LogP contribution < -0.4 is 0 Å². The lowest BCUT2D eigenvalue weighted by Crippen LogP contribution is -2.36. The molecule has 0 amide bonds. The van der Waals surface area contributed by atoms with Gasteiger partial charge in [-0.1, -0.05) is 12.5 Å². The van der Waals surface area contributed by atoms with Gasteiger partial charge in [0.25, 0.3) is 0 Å². The summed E-state index contributed by atoms with van der Waals surface area (Å²) in [5, 5.41) is 0.139. The second-order valence-electron chi connectivity index (χ2n) is 5.01. The van der Waals surface area contributed by atoms with Gasteiger partial charge in [0.1, 0.15) is 11.9 Å².